The predicted octanol–water partition coefficient (Wildman–Crippen LogP) is 3.00. The fourth-order valence-electron chi connectivity index (χ4n) is 1.71. The number of nitrogens with zero attached hydrogens (tertiary/aromatic N) is 1. The molecule has 0 aliphatic carbocycles. The number of nitrogens with one attached hydrogen (secondary N) is 1. The molecule has 4 nitrogen and oxygen atoms in total. The van der Waals surface area contributed by atoms with Gasteiger partial charge in [-0.25, -0.2) is 4.39 Å². The van der Waals surface area contributed by atoms with Crippen LogP contribution in [-0.2, 0) is 17.8 Å². The lowest BCUT2D eigenvalue weighted by Crippen LogP contribution is -2.00. The Hall–Kier alpha value is -2.39. The third-order valence-electron chi connectivity index (χ3n) is 2.60. The highest BCUT2D eigenvalue weighted by Crippen LogP contribution is 2.21. The van der Waals surface area contributed by atoms with E-state index in [0.717, 1.165) is 9.75 Å². The van der Waals surface area contributed by atoms with Crippen molar-refractivity contribution < 1.29 is 14.3 Å². The number of aliphatic carboxylic acids is 1. The summed E-state index contributed by atoms with van der Waals surface area (Å²) in [7, 11) is 0. The van der Waals surface area contributed by atoms with Gasteiger partial charge in [0.2, 0.25) is 0 Å². The maximum Gasteiger partial charge on any atom is 0.308 e. The zero-order valence-corrected chi connectivity index (χ0v) is 11.2. The second-order valence-electron chi connectivity index (χ2n) is 4.09. The fraction of sp³-hybridized carbons (Fsp3) is 0.143. The van der Waals surface area contributed by atoms with Crippen LogP contribution in [-0.4, -0.2) is 11.1 Å². The molecular weight excluding hydrogens is 279 g/mol. The number of carboxylic acid groups (broad SMARTS) is 1. The standard InChI is InChI=1S/C14H11FN2O2S/c15-10-1-4-13(9(5-10)7-16)17-8-12-3-2-11(20-12)6-14(18)19/h1-5,17H,6,8H2,(H,18,19). The number of carboxylic acids is 1. The monoisotopic (exact) mass is 290 g/mol. The molecule has 0 unspecified atom stereocenters. The van der Waals surface area contributed by atoms with Gasteiger partial charge in [-0.2, -0.15) is 5.26 Å². The van der Waals surface area contributed by atoms with Crippen LogP contribution in [0.1, 0.15) is 15.3 Å². The molecular formula is C14H11FN2O2S. The first-order valence-corrected chi connectivity index (χ1v) is 6.63. The van der Waals surface area contributed by atoms with Gasteiger partial charge in [0.25, 0.3) is 0 Å². The molecule has 20 heavy (non-hydrogen) atoms. The van der Waals surface area contributed by atoms with E-state index in [-0.39, 0.29) is 12.0 Å². The third-order valence-corrected chi connectivity index (χ3v) is 3.68. The van der Waals surface area contributed by atoms with Gasteiger partial charge in [0, 0.05) is 16.3 Å². The predicted molar refractivity (Wildman–Crippen MR) is 74.1 cm³/mol. The Morgan fingerprint density at radius 1 is 1.35 bits per heavy atom. The summed E-state index contributed by atoms with van der Waals surface area (Å²) in [4.78, 5) is 12.3. The summed E-state index contributed by atoms with van der Waals surface area (Å²) in [5.41, 5.74) is 0.800. The van der Waals surface area contributed by atoms with Crippen LogP contribution >= 0.6 is 11.3 Å². The molecule has 1 heterocycles. The molecule has 2 aromatic rings. The quantitative estimate of drug-likeness (QED) is 0.887. The Labute approximate surface area is 119 Å². The van der Waals surface area contributed by atoms with Crippen molar-refractivity contribution >= 4 is 23.0 Å². The van der Waals surface area contributed by atoms with Crippen molar-refractivity contribution in [2.75, 3.05) is 5.32 Å². The summed E-state index contributed by atoms with van der Waals surface area (Å²) in [6, 6.07) is 9.51. The number of rotatable bonds is 5. The molecule has 0 bridgehead atoms. The molecule has 0 radical (unpaired) electrons. The molecule has 102 valence electrons. The fourth-order valence-corrected chi connectivity index (χ4v) is 2.66. The first-order chi connectivity index (χ1) is 9.58. The summed E-state index contributed by atoms with van der Waals surface area (Å²) in [5.74, 6) is -1.32. The highest BCUT2D eigenvalue weighted by Gasteiger charge is 2.06. The van der Waals surface area contributed by atoms with Gasteiger partial charge in [0.05, 0.1) is 17.7 Å². The van der Waals surface area contributed by atoms with E-state index in [1.807, 2.05) is 12.1 Å². The molecule has 0 fully saturated rings. The number of halogens is 1. The van der Waals surface area contributed by atoms with Crippen LogP contribution in [0.15, 0.2) is 30.3 Å². The van der Waals surface area contributed by atoms with Crippen LogP contribution in [0.3, 0.4) is 0 Å². The van der Waals surface area contributed by atoms with Gasteiger partial charge in [-0.1, -0.05) is 0 Å². The second kappa shape index (κ2) is 6.17. The molecule has 0 saturated heterocycles. The van der Waals surface area contributed by atoms with E-state index in [0.29, 0.717) is 12.2 Å². The SMILES string of the molecule is N#Cc1cc(F)ccc1NCc1ccc(CC(=O)O)s1. The average molecular weight is 290 g/mol. The average Bonchev–Trinajstić information content (AvgIpc) is 2.84. The minimum atomic E-state index is -0.864. The lowest BCUT2D eigenvalue weighted by Gasteiger charge is -2.06. The Morgan fingerprint density at radius 3 is 2.80 bits per heavy atom. The molecule has 0 saturated carbocycles. The number of hydrogen-bond acceptors (Lipinski definition) is 4. The molecule has 0 aliphatic rings. The summed E-state index contributed by atoms with van der Waals surface area (Å²) in [6.07, 6.45) is 0.00462. The minimum Gasteiger partial charge on any atom is -0.481 e. The maximum absolute atomic E-state index is 13.0. The van der Waals surface area contributed by atoms with Gasteiger partial charge in [-0.3, -0.25) is 4.79 Å². The molecule has 1 aromatic heterocycles. The van der Waals surface area contributed by atoms with Crippen LogP contribution in [0.5, 0.6) is 0 Å². The van der Waals surface area contributed by atoms with Crippen molar-refractivity contribution in [1.82, 2.24) is 0 Å². The van der Waals surface area contributed by atoms with Crippen LogP contribution in [0.25, 0.3) is 0 Å². The molecule has 6 heteroatoms. The first-order valence-electron chi connectivity index (χ1n) is 5.81. The van der Waals surface area contributed by atoms with E-state index in [9.17, 15) is 9.18 Å². The number of thiophene rings is 1. The number of benzene rings is 1. The first kappa shape index (κ1) is 14.0. The lowest BCUT2D eigenvalue weighted by molar-refractivity contribution is -0.136. The highest BCUT2D eigenvalue weighted by molar-refractivity contribution is 7.12. The summed E-state index contributed by atoms with van der Waals surface area (Å²) >= 11 is 1.40. The zero-order valence-electron chi connectivity index (χ0n) is 10.4. The highest BCUT2D eigenvalue weighted by atomic mass is 32.1. The number of anilines is 1. The Balaban J connectivity index is 2.04. The van der Waals surface area contributed by atoms with Gasteiger partial charge in [-0.05, 0) is 30.3 Å². The Morgan fingerprint density at radius 2 is 2.10 bits per heavy atom. The van der Waals surface area contributed by atoms with Crippen LogP contribution in [0.4, 0.5) is 10.1 Å². The largest absolute Gasteiger partial charge is 0.481 e. The Bertz CT molecular complexity index is 676. The van der Waals surface area contributed by atoms with Crippen molar-refractivity contribution in [3.63, 3.8) is 0 Å². The van der Waals surface area contributed by atoms with Crippen molar-refractivity contribution in [3.8, 4) is 6.07 Å². The van der Waals surface area contributed by atoms with Crippen molar-refractivity contribution in [2.24, 2.45) is 0 Å². The smallest absolute Gasteiger partial charge is 0.308 e. The summed E-state index contributed by atoms with van der Waals surface area (Å²) < 4.78 is 13.0. The summed E-state index contributed by atoms with van der Waals surface area (Å²) in [5, 5.41) is 20.7. The van der Waals surface area contributed by atoms with Gasteiger partial charge in [0.1, 0.15) is 11.9 Å². The van der Waals surface area contributed by atoms with E-state index in [1.54, 1.807) is 6.07 Å². The van der Waals surface area contributed by atoms with Crippen molar-refractivity contribution in [2.45, 2.75) is 13.0 Å². The summed E-state index contributed by atoms with van der Waals surface area (Å²) in [6.45, 7) is 0.463. The number of nitriles is 1. The number of hydrogen-bond donors (Lipinski definition) is 2. The molecule has 2 rings (SSSR count). The van der Waals surface area contributed by atoms with Gasteiger partial charge < -0.3 is 10.4 Å². The molecule has 0 amide bonds. The molecule has 0 aliphatic heterocycles. The maximum atomic E-state index is 13.0. The van der Waals surface area contributed by atoms with Crippen LogP contribution in [0.2, 0.25) is 0 Å². The topological polar surface area (TPSA) is 73.1 Å². The molecule has 2 N–H and O–H groups in total. The van der Waals surface area contributed by atoms with Gasteiger partial charge in [-0.15, -0.1) is 11.3 Å². The third kappa shape index (κ3) is 3.56. The second-order valence-corrected chi connectivity index (χ2v) is 5.35. The molecule has 0 atom stereocenters. The minimum absolute atomic E-state index is 0.00462. The van der Waals surface area contributed by atoms with E-state index < -0.39 is 11.8 Å². The van der Waals surface area contributed by atoms with Gasteiger partial charge >= 0.3 is 5.97 Å². The lowest BCUT2D eigenvalue weighted by atomic mass is 10.2. The van der Waals surface area contributed by atoms with Crippen molar-refractivity contribution in [3.05, 3.63) is 51.5 Å². The van der Waals surface area contributed by atoms with E-state index in [1.165, 1.54) is 29.5 Å². The molecule has 1 aromatic carbocycles. The van der Waals surface area contributed by atoms with Crippen LogP contribution < -0.4 is 5.32 Å². The number of carbonyl (C=O) groups is 1. The molecule has 0 spiro atoms. The normalized spacial score (nSPS) is 10.0. The van der Waals surface area contributed by atoms with E-state index in [2.05, 4.69) is 5.32 Å². The van der Waals surface area contributed by atoms with E-state index in [4.69, 9.17) is 10.4 Å². The zero-order chi connectivity index (χ0) is 14.5. The van der Waals surface area contributed by atoms with E-state index >= 15 is 0 Å². The van der Waals surface area contributed by atoms with Crippen LogP contribution in [0, 0.1) is 17.1 Å². The van der Waals surface area contributed by atoms with Crippen molar-refractivity contribution in [1.29, 1.82) is 5.26 Å². The van der Waals surface area contributed by atoms with Gasteiger partial charge in [0.15, 0.2) is 0 Å². The Kier molecular flexibility index (Phi) is 4.33.